The van der Waals surface area contributed by atoms with Crippen LogP contribution in [0, 0.1) is 12.7 Å². The van der Waals surface area contributed by atoms with Gasteiger partial charge in [0.15, 0.2) is 0 Å². The van der Waals surface area contributed by atoms with Crippen molar-refractivity contribution in [1.29, 1.82) is 0 Å². The number of nitrogens with one attached hydrogen (secondary N) is 1. The zero-order chi connectivity index (χ0) is 24.5. The van der Waals surface area contributed by atoms with E-state index in [0.717, 1.165) is 38.2 Å². The molecule has 5 nitrogen and oxygen atoms in total. The minimum absolute atomic E-state index is 0.0854. The molecule has 2 heterocycles. The van der Waals surface area contributed by atoms with Crippen molar-refractivity contribution < 1.29 is 14.0 Å². The number of carbonyl (C=O) groups excluding carboxylic acids is 2. The van der Waals surface area contributed by atoms with E-state index in [1.165, 1.54) is 23.9 Å². The third-order valence-electron chi connectivity index (χ3n) is 6.43. The molecule has 1 N–H and O–H groups in total. The molecule has 35 heavy (non-hydrogen) atoms. The largest absolute Gasteiger partial charge is 0.350 e. The van der Waals surface area contributed by atoms with E-state index in [4.69, 9.17) is 0 Å². The van der Waals surface area contributed by atoms with Crippen LogP contribution in [0.2, 0.25) is 0 Å². The van der Waals surface area contributed by atoms with E-state index in [2.05, 4.69) is 9.88 Å². The molecule has 2 amide bonds. The van der Waals surface area contributed by atoms with Gasteiger partial charge in [-0.2, -0.15) is 0 Å². The van der Waals surface area contributed by atoms with Crippen molar-refractivity contribution in [1.82, 2.24) is 14.8 Å². The molecule has 1 aliphatic rings. The van der Waals surface area contributed by atoms with Crippen molar-refractivity contribution in [3.8, 4) is 0 Å². The summed E-state index contributed by atoms with van der Waals surface area (Å²) in [7, 11) is 1.97. The van der Waals surface area contributed by atoms with Gasteiger partial charge < -0.3 is 14.8 Å². The maximum Gasteiger partial charge on any atom is 0.247 e. The number of benzene rings is 3. The third-order valence-corrected chi connectivity index (χ3v) is 7.59. The molecule has 1 atom stereocenters. The average Bonchev–Trinajstić information content (AvgIpc) is 3.05. The van der Waals surface area contributed by atoms with Gasteiger partial charge >= 0.3 is 0 Å². The minimum atomic E-state index is -0.791. The summed E-state index contributed by atoms with van der Waals surface area (Å²) >= 11 is 1.47. The zero-order valence-electron chi connectivity index (χ0n) is 19.6. The fourth-order valence-electron chi connectivity index (χ4n) is 4.58. The van der Waals surface area contributed by atoms with Crippen LogP contribution in [0.15, 0.2) is 77.8 Å². The molecule has 7 heteroatoms. The lowest BCUT2D eigenvalue weighted by Gasteiger charge is -2.30. The Labute approximate surface area is 207 Å². The molecule has 0 spiro atoms. The number of aryl methyl sites for hydroxylation is 2. The molecule has 0 aliphatic carbocycles. The molecule has 5 rings (SSSR count). The maximum atomic E-state index is 13.8. The van der Waals surface area contributed by atoms with E-state index in [1.54, 1.807) is 17.0 Å². The smallest absolute Gasteiger partial charge is 0.247 e. The van der Waals surface area contributed by atoms with Gasteiger partial charge in [-0.25, -0.2) is 4.39 Å². The lowest BCUT2D eigenvalue weighted by atomic mass is 10.0. The Kier molecular flexibility index (Phi) is 6.34. The van der Waals surface area contributed by atoms with Crippen LogP contribution in [0.3, 0.4) is 0 Å². The number of nitrogens with zero attached hydrogens (tertiary/aromatic N) is 2. The van der Waals surface area contributed by atoms with Crippen molar-refractivity contribution in [2.24, 2.45) is 7.05 Å². The van der Waals surface area contributed by atoms with E-state index < -0.39 is 6.04 Å². The first kappa shape index (κ1) is 23.2. The maximum absolute atomic E-state index is 13.8. The van der Waals surface area contributed by atoms with Gasteiger partial charge in [0.05, 0.1) is 10.8 Å². The van der Waals surface area contributed by atoms with Gasteiger partial charge in [-0.05, 0) is 36.2 Å². The number of halogens is 1. The lowest BCUT2D eigenvalue weighted by Crippen LogP contribution is -2.43. The molecule has 0 saturated carbocycles. The Hall–Kier alpha value is -3.58. The number of thioether (sulfide) groups is 1. The summed E-state index contributed by atoms with van der Waals surface area (Å²) in [4.78, 5) is 28.9. The number of carbonyl (C=O) groups is 2. The van der Waals surface area contributed by atoms with Crippen molar-refractivity contribution in [2.45, 2.75) is 31.1 Å². The summed E-state index contributed by atoms with van der Waals surface area (Å²) in [6.07, 6.45) is 0. The quantitative estimate of drug-likeness (QED) is 0.425. The van der Waals surface area contributed by atoms with Crippen molar-refractivity contribution in [2.75, 3.05) is 5.75 Å². The number of para-hydroxylation sites is 1. The number of aromatic nitrogens is 1. The summed E-state index contributed by atoms with van der Waals surface area (Å²) in [5.74, 6) is -0.408. The highest BCUT2D eigenvalue weighted by Gasteiger charge is 2.38. The van der Waals surface area contributed by atoms with Gasteiger partial charge in [-0.3, -0.25) is 9.59 Å². The van der Waals surface area contributed by atoms with Gasteiger partial charge in [-0.1, -0.05) is 71.9 Å². The van der Waals surface area contributed by atoms with E-state index in [-0.39, 0.29) is 29.9 Å². The summed E-state index contributed by atoms with van der Waals surface area (Å²) in [5, 5.41) is 4.89. The highest BCUT2D eigenvalue weighted by molar-refractivity contribution is 8.00. The second-order valence-electron chi connectivity index (χ2n) is 8.84. The van der Waals surface area contributed by atoms with Gasteiger partial charge in [0.2, 0.25) is 11.8 Å². The van der Waals surface area contributed by atoms with E-state index in [0.29, 0.717) is 6.54 Å². The van der Waals surface area contributed by atoms with Gasteiger partial charge in [0.25, 0.3) is 0 Å². The van der Waals surface area contributed by atoms with Crippen molar-refractivity contribution in [3.05, 3.63) is 101 Å². The molecule has 178 valence electrons. The second-order valence-corrected chi connectivity index (χ2v) is 9.80. The summed E-state index contributed by atoms with van der Waals surface area (Å²) < 4.78 is 15.4. The Bertz CT molecular complexity index is 1400. The first-order valence-electron chi connectivity index (χ1n) is 11.5. The molecule has 0 fully saturated rings. The van der Waals surface area contributed by atoms with Crippen LogP contribution >= 0.6 is 11.8 Å². The number of hydrogen-bond donors (Lipinski definition) is 1. The molecule has 3 aromatic carbocycles. The number of rotatable bonds is 5. The molecule has 0 bridgehead atoms. The summed E-state index contributed by atoms with van der Waals surface area (Å²) in [6, 6.07) is 21.3. The van der Waals surface area contributed by atoms with Crippen LogP contribution in [0.4, 0.5) is 4.39 Å². The molecule has 0 unspecified atom stereocenters. The number of hydrogen-bond acceptors (Lipinski definition) is 3. The van der Waals surface area contributed by atoms with Crippen LogP contribution in [0.5, 0.6) is 0 Å². The first-order valence-corrected chi connectivity index (χ1v) is 12.5. The predicted molar refractivity (Wildman–Crippen MR) is 136 cm³/mol. The zero-order valence-corrected chi connectivity index (χ0v) is 20.4. The van der Waals surface area contributed by atoms with Crippen molar-refractivity contribution >= 4 is 34.5 Å². The van der Waals surface area contributed by atoms with Gasteiger partial charge in [0.1, 0.15) is 11.9 Å². The lowest BCUT2D eigenvalue weighted by molar-refractivity contribution is -0.139. The Morgan fingerprint density at radius 3 is 2.46 bits per heavy atom. The highest BCUT2D eigenvalue weighted by Crippen LogP contribution is 2.42. The van der Waals surface area contributed by atoms with Crippen LogP contribution in [0.25, 0.3) is 10.9 Å². The van der Waals surface area contributed by atoms with Crippen LogP contribution in [0.1, 0.15) is 28.3 Å². The molecule has 4 aromatic rings. The van der Waals surface area contributed by atoms with Crippen molar-refractivity contribution in [3.63, 3.8) is 0 Å². The van der Waals surface area contributed by atoms with Crippen LogP contribution in [-0.2, 0) is 29.7 Å². The topological polar surface area (TPSA) is 54.3 Å². The minimum Gasteiger partial charge on any atom is -0.350 e. The monoisotopic (exact) mass is 487 g/mol. The van der Waals surface area contributed by atoms with Crippen LogP contribution < -0.4 is 5.32 Å². The predicted octanol–water partition coefficient (Wildman–Crippen LogP) is 5.12. The molecule has 1 aromatic heterocycles. The number of fused-ring (bicyclic) bond motifs is 3. The molecule has 0 saturated heterocycles. The summed E-state index contributed by atoms with van der Waals surface area (Å²) in [5.41, 5.74) is 4.76. The molecule has 0 radical (unpaired) electrons. The highest BCUT2D eigenvalue weighted by atomic mass is 32.2. The fourth-order valence-corrected chi connectivity index (χ4v) is 5.68. The molecular formula is C28H26FN3O2S. The fraction of sp³-hybridized carbons (Fsp3) is 0.214. The molecule has 1 aliphatic heterocycles. The van der Waals surface area contributed by atoms with Gasteiger partial charge in [-0.15, -0.1) is 0 Å². The van der Waals surface area contributed by atoms with Crippen LogP contribution in [-0.4, -0.2) is 27.0 Å². The number of amides is 2. The first-order chi connectivity index (χ1) is 16.9. The molecular weight excluding hydrogens is 461 g/mol. The Morgan fingerprint density at radius 2 is 1.71 bits per heavy atom. The average molecular weight is 488 g/mol. The third kappa shape index (κ3) is 4.56. The van der Waals surface area contributed by atoms with E-state index in [9.17, 15) is 14.0 Å². The Morgan fingerprint density at radius 1 is 1.03 bits per heavy atom. The normalized spacial score (nSPS) is 15.7. The van der Waals surface area contributed by atoms with E-state index in [1.807, 2.05) is 62.5 Å². The SMILES string of the molecule is Cc1ccc(CN2C(=O)CSc3c(c4ccccc4n3C)[C@H]2C(=O)NCc2ccc(F)cc2)cc1. The van der Waals surface area contributed by atoms with Gasteiger partial charge in [0, 0.05) is 36.6 Å². The standard InChI is InChI=1S/C28H26FN3O2S/c1-18-7-9-20(10-8-18)16-32-24(33)17-35-28-25(22-5-3-4-6-23(22)31(28)2)26(32)27(34)30-15-19-11-13-21(29)14-12-19/h3-14,26H,15-17H2,1-2H3,(H,30,34)/t26-/m0/s1. The summed E-state index contributed by atoms with van der Waals surface area (Å²) in [6.45, 7) is 2.60. The second kappa shape index (κ2) is 9.58. The van der Waals surface area contributed by atoms with E-state index >= 15 is 0 Å². The Balaban J connectivity index is 1.57.